The molecule has 0 heterocycles. The monoisotopic (exact) mass is 212 g/mol. The van der Waals surface area contributed by atoms with E-state index in [1.807, 2.05) is 0 Å². The van der Waals surface area contributed by atoms with Gasteiger partial charge in [0, 0.05) is 12.6 Å². The summed E-state index contributed by atoms with van der Waals surface area (Å²) in [5.74, 6) is 0. The zero-order chi connectivity index (χ0) is 10.6. The van der Waals surface area contributed by atoms with Crippen LogP contribution < -0.4 is 5.73 Å². The van der Waals surface area contributed by atoms with E-state index in [2.05, 4.69) is 0 Å². The number of hydrogen-bond acceptors (Lipinski definition) is 3. The van der Waals surface area contributed by atoms with Gasteiger partial charge in [-0.3, -0.25) is 10.1 Å². The van der Waals surface area contributed by atoms with Gasteiger partial charge in [0.25, 0.3) is 5.69 Å². The van der Waals surface area contributed by atoms with Gasteiger partial charge >= 0.3 is 0 Å². The summed E-state index contributed by atoms with van der Waals surface area (Å²) in [5, 5.41) is 10.7. The third-order valence-corrected chi connectivity index (χ3v) is 1.93. The molecule has 1 aromatic carbocycles. The number of hydrogen-bond donors (Lipinski definition) is 1. The molecule has 0 spiro atoms. The van der Waals surface area contributed by atoms with Crippen LogP contribution >= 0.6 is 11.6 Å². The highest BCUT2D eigenvalue weighted by Crippen LogP contribution is 2.25. The smallest absolute Gasteiger partial charge is 0.288 e. The Morgan fingerprint density at radius 3 is 2.86 bits per heavy atom. The Kier molecular flexibility index (Phi) is 3.62. The Bertz CT molecular complexity index is 377. The molecule has 0 aliphatic carbocycles. The summed E-state index contributed by atoms with van der Waals surface area (Å²) in [6.45, 7) is 0.399. The van der Waals surface area contributed by atoms with E-state index in [9.17, 15) is 10.1 Å². The maximum absolute atomic E-state index is 10.5. The number of nitrogens with two attached hydrogens (primary N) is 1. The Morgan fingerprint density at radius 2 is 2.29 bits per heavy atom. The lowest BCUT2D eigenvalue weighted by molar-refractivity contribution is -0.384. The SMILES string of the molecule is NC/C=C/c1ccc(Cl)c([N+](=O)[O-])c1. The Hall–Kier alpha value is -1.39. The molecule has 5 heteroatoms. The van der Waals surface area contributed by atoms with Crippen molar-refractivity contribution in [2.24, 2.45) is 5.73 Å². The first kappa shape index (κ1) is 10.7. The van der Waals surface area contributed by atoms with Crippen LogP contribution in [0.1, 0.15) is 5.56 Å². The van der Waals surface area contributed by atoms with Crippen LogP contribution in [-0.2, 0) is 0 Å². The van der Waals surface area contributed by atoms with Crippen molar-refractivity contribution in [1.82, 2.24) is 0 Å². The molecule has 0 bridgehead atoms. The van der Waals surface area contributed by atoms with Gasteiger partial charge in [-0.15, -0.1) is 0 Å². The van der Waals surface area contributed by atoms with Gasteiger partial charge in [0.15, 0.2) is 0 Å². The highest BCUT2D eigenvalue weighted by atomic mass is 35.5. The maximum atomic E-state index is 10.5. The predicted molar refractivity (Wildman–Crippen MR) is 56.2 cm³/mol. The molecule has 0 aromatic heterocycles. The molecule has 1 rings (SSSR count). The normalized spacial score (nSPS) is 10.7. The highest BCUT2D eigenvalue weighted by Gasteiger charge is 2.11. The molecule has 0 unspecified atom stereocenters. The van der Waals surface area contributed by atoms with E-state index in [1.165, 1.54) is 12.1 Å². The molecule has 2 N–H and O–H groups in total. The second-order valence-corrected chi connectivity index (χ2v) is 3.01. The quantitative estimate of drug-likeness (QED) is 0.617. The van der Waals surface area contributed by atoms with Crippen LogP contribution in [0, 0.1) is 10.1 Å². The molecule has 0 saturated carbocycles. The molecule has 14 heavy (non-hydrogen) atoms. The van der Waals surface area contributed by atoms with E-state index in [-0.39, 0.29) is 10.7 Å². The molecule has 1 aromatic rings. The molecule has 0 fully saturated rings. The fraction of sp³-hybridized carbons (Fsp3) is 0.111. The summed E-state index contributed by atoms with van der Waals surface area (Å²) in [6.07, 6.45) is 3.43. The van der Waals surface area contributed by atoms with E-state index >= 15 is 0 Å². The number of nitro benzene ring substituents is 1. The minimum absolute atomic E-state index is 0.0918. The van der Waals surface area contributed by atoms with Crippen LogP contribution in [0.5, 0.6) is 0 Å². The van der Waals surface area contributed by atoms with Crippen LogP contribution in [0.25, 0.3) is 6.08 Å². The summed E-state index contributed by atoms with van der Waals surface area (Å²) >= 11 is 5.63. The van der Waals surface area contributed by atoms with Crippen molar-refractivity contribution in [3.8, 4) is 0 Å². The highest BCUT2D eigenvalue weighted by molar-refractivity contribution is 6.32. The van der Waals surface area contributed by atoms with Crippen LogP contribution in [-0.4, -0.2) is 11.5 Å². The lowest BCUT2D eigenvalue weighted by atomic mass is 10.2. The summed E-state index contributed by atoms with van der Waals surface area (Å²) < 4.78 is 0. The molecular weight excluding hydrogens is 204 g/mol. The van der Waals surface area contributed by atoms with Crippen molar-refractivity contribution in [2.75, 3.05) is 6.54 Å². The largest absolute Gasteiger partial charge is 0.327 e. The maximum Gasteiger partial charge on any atom is 0.288 e. The van der Waals surface area contributed by atoms with Gasteiger partial charge in [0.2, 0.25) is 0 Å². The number of nitro groups is 1. The average molecular weight is 213 g/mol. The number of rotatable bonds is 3. The van der Waals surface area contributed by atoms with Crippen LogP contribution in [0.4, 0.5) is 5.69 Å². The summed E-state index contributed by atoms with van der Waals surface area (Å²) in [4.78, 5) is 10.0. The van der Waals surface area contributed by atoms with Crippen molar-refractivity contribution in [3.63, 3.8) is 0 Å². The van der Waals surface area contributed by atoms with Gasteiger partial charge in [-0.25, -0.2) is 0 Å². The van der Waals surface area contributed by atoms with Crippen molar-refractivity contribution >= 4 is 23.4 Å². The number of halogens is 1. The molecule has 0 aliphatic heterocycles. The first-order valence-electron chi connectivity index (χ1n) is 3.95. The van der Waals surface area contributed by atoms with Crippen LogP contribution in [0.2, 0.25) is 5.02 Å². The van der Waals surface area contributed by atoms with Crippen LogP contribution in [0.15, 0.2) is 24.3 Å². The lowest BCUT2D eigenvalue weighted by Gasteiger charge is -1.96. The minimum atomic E-state index is -0.512. The van der Waals surface area contributed by atoms with Crippen molar-refractivity contribution < 1.29 is 4.92 Å². The van der Waals surface area contributed by atoms with Crippen molar-refractivity contribution in [3.05, 3.63) is 45.0 Å². The molecule has 0 radical (unpaired) electrons. The molecule has 0 amide bonds. The Balaban J connectivity index is 3.06. The van der Waals surface area contributed by atoms with Gasteiger partial charge in [-0.05, 0) is 11.6 Å². The molecule has 4 nitrogen and oxygen atoms in total. The van der Waals surface area contributed by atoms with Crippen molar-refractivity contribution in [2.45, 2.75) is 0 Å². The molecule has 0 atom stereocenters. The second kappa shape index (κ2) is 4.74. The molecule has 0 aliphatic rings. The summed E-state index contributed by atoms with van der Waals surface area (Å²) in [6, 6.07) is 4.60. The predicted octanol–water partition coefficient (Wildman–Crippen LogP) is 2.22. The number of benzene rings is 1. The van der Waals surface area contributed by atoms with Gasteiger partial charge < -0.3 is 5.73 Å². The van der Waals surface area contributed by atoms with E-state index in [4.69, 9.17) is 17.3 Å². The van der Waals surface area contributed by atoms with E-state index in [0.29, 0.717) is 12.1 Å². The van der Waals surface area contributed by atoms with Gasteiger partial charge in [-0.2, -0.15) is 0 Å². The standard InChI is InChI=1S/C9H9ClN2O2/c10-8-4-3-7(2-1-5-11)6-9(8)12(13)14/h1-4,6H,5,11H2/b2-1+. The fourth-order valence-corrected chi connectivity index (χ4v) is 1.16. The Morgan fingerprint density at radius 1 is 1.57 bits per heavy atom. The molecule has 74 valence electrons. The van der Waals surface area contributed by atoms with E-state index in [0.717, 1.165) is 0 Å². The zero-order valence-electron chi connectivity index (χ0n) is 7.31. The Labute approximate surface area is 86.1 Å². The summed E-state index contributed by atoms with van der Waals surface area (Å²) in [7, 11) is 0. The van der Waals surface area contributed by atoms with Gasteiger partial charge in [0.05, 0.1) is 4.92 Å². The van der Waals surface area contributed by atoms with Gasteiger partial charge in [-0.1, -0.05) is 29.8 Å². The van der Waals surface area contributed by atoms with E-state index in [1.54, 1.807) is 18.2 Å². The molecule has 0 saturated heterocycles. The first-order chi connectivity index (χ1) is 6.65. The molecular formula is C9H9ClN2O2. The third kappa shape index (κ3) is 2.55. The fourth-order valence-electron chi connectivity index (χ4n) is 0.977. The minimum Gasteiger partial charge on any atom is -0.327 e. The summed E-state index contributed by atoms with van der Waals surface area (Å²) in [5.41, 5.74) is 5.88. The first-order valence-corrected chi connectivity index (χ1v) is 4.33. The number of nitrogens with zero attached hydrogens (tertiary/aromatic N) is 1. The van der Waals surface area contributed by atoms with Crippen molar-refractivity contribution in [1.29, 1.82) is 0 Å². The zero-order valence-corrected chi connectivity index (χ0v) is 8.07. The van der Waals surface area contributed by atoms with Gasteiger partial charge in [0.1, 0.15) is 5.02 Å². The third-order valence-electron chi connectivity index (χ3n) is 1.61. The van der Waals surface area contributed by atoms with Crippen LogP contribution in [0.3, 0.4) is 0 Å². The lowest BCUT2D eigenvalue weighted by Crippen LogP contribution is -1.92. The van der Waals surface area contributed by atoms with E-state index < -0.39 is 4.92 Å². The topological polar surface area (TPSA) is 69.2 Å². The second-order valence-electron chi connectivity index (χ2n) is 2.61. The average Bonchev–Trinajstić information content (AvgIpc) is 2.16.